The Hall–Kier alpha value is -4.43. The molecule has 4 heterocycles. The third kappa shape index (κ3) is 4.83. The maximum absolute atomic E-state index is 13.7. The number of sulfonamides is 1. The van der Waals surface area contributed by atoms with Crippen LogP contribution in [0.2, 0.25) is 0 Å². The standard InChI is InChI=1S/C23H19F2N7O4S/c24-13-8-14(25)10-15(9-13)37(35,36)32-7-4-18-17(12-32)21(31-30-18)29-22(33)16-3-6-26-11-20(16)28-23(34)19-2-1-5-27-19/h1-3,5-6,8-11,27H,4,7,12H2,(H,28,34)(H2,29,30,31,33). The van der Waals surface area contributed by atoms with Gasteiger partial charge in [-0.15, -0.1) is 0 Å². The zero-order valence-electron chi connectivity index (χ0n) is 19.0. The predicted octanol–water partition coefficient (Wildman–Crippen LogP) is 2.66. The number of halogens is 2. The second-order valence-corrected chi connectivity index (χ2v) is 10.1. The smallest absolute Gasteiger partial charge is 0.272 e. The summed E-state index contributed by atoms with van der Waals surface area (Å²) in [7, 11) is -4.23. The number of aromatic amines is 2. The Balaban J connectivity index is 1.37. The molecule has 11 nitrogen and oxygen atoms in total. The number of hydrogen-bond acceptors (Lipinski definition) is 6. The van der Waals surface area contributed by atoms with E-state index in [1.165, 1.54) is 18.5 Å². The van der Waals surface area contributed by atoms with Crippen molar-refractivity contribution in [3.63, 3.8) is 0 Å². The number of nitrogens with one attached hydrogen (secondary N) is 4. The summed E-state index contributed by atoms with van der Waals surface area (Å²) in [6.07, 6.45) is 4.52. The quantitative estimate of drug-likeness (QED) is 0.302. The van der Waals surface area contributed by atoms with Crippen LogP contribution in [0.15, 0.2) is 59.9 Å². The number of aromatic nitrogens is 4. The van der Waals surface area contributed by atoms with E-state index in [9.17, 15) is 26.8 Å². The Labute approximate surface area is 209 Å². The second kappa shape index (κ2) is 9.55. The van der Waals surface area contributed by atoms with Gasteiger partial charge in [0, 0.05) is 49.2 Å². The first-order valence-corrected chi connectivity index (χ1v) is 12.4. The monoisotopic (exact) mass is 527 g/mol. The van der Waals surface area contributed by atoms with E-state index in [4.69, 9.17) is 0 Å². The number of pyridine rings is 1. The first-order valence-electron chi connectivity index (χ1n) is 10.9. The lowest BCUT2D eigenvalue weighted by atomic mass is 10.1. The number of amides is 2. The molecule has 0 saturated carbocycles. The highest BCUT2D eigenvalue weighted by atomic mass is 32.2. The number of fused-ring (bicyclic) bond motifs is 1. The van der Waals surface area contributed by atoms with Crippen LogP contribution in [0.1, 0.15) is 32.1 Å². The van der Waals surface area contributed by atoms with Crippen molar-refractivity contribution in [3.05, 3.63) is 89.1 Å². The van der Waals surface area contributed by atoms with Crippen molar-refractivity contribution in [1.82, 2.24) is 24.5 Å². The van der Waals surface area contributed by atoms with E-state index in [1.54, 1.807) is 18.3 Å². The fourth-order valence-corrected chi connectivity index (χ4v) is 5.39. The Morgan fingerprint density at radius 3 is 2.57 bits per heavy atom. The second-order valence-electron chi connectivity index (χ2n) is 8.14. The van der Waals surface area contributed by atoms with Gasteiger partial charge in [-0.1, -0.05) is 0 Å². The molecule has 2 amide bonds. The van der Waals surface area contributed by atoms with Crippen LogP contribution >= 0.6 is 0 Å². The van der Waals surface area contributed by atoms with Gasteiger partial charge in [-0.25, -0.2) is 17.2 Å². The molecule has 14 heteroatoms. The number of H-pyrrole nitrogens is 2. The summed E-state index contributed by atoms with van der Waals surface area (Å²) < 4.78 is 54.5. The molecule has 37 heavy (non-hydrogen) atoms. The predicted molar refractivity (Wildman–Crippen MR) is 127 cm³/mol. The third-order valence-corrected chi connectivity index (χ3v) is 7.58. The lowest BCUT2D eigenvalue weighted by molar-refractivity contribution is 0.102. The van der Waals surface area contributed by atoms with Crippen LogP contribution in [0.5, 0.6) is 0 Å². The number of anilines is 2. The molecule has 0 unspecified atom stereocenters. The number of hydrogen-bond donors (Lipinski definition) is 4. The molecule has 4 aromatic rings. The molecule has 190 valence electrons. The minimum atomic E-state index is -4.23. The van der Waals surface area contributed by atoms with Gasteiger partial charge < -0.3 is 15.6 Å². The third-order valence-electron chi connectivity index (χ3n) is 5.76. The first-order chi connectivity index (χ1) is 17.7. The van der Waals surface area contributed by atoms with E-state index in [0.29, 0.717) is 17.3 Å². The van der Waals surface area contributed by atoms with Crippen LogP contribution in [0, 0.1) is 11.6 Å². The van der Waals surface area contributed by atoms with Crippen LogP contribution in [0.25, 0.3) is 0 Å². The summed E-state index contributed by atoms with van der Waals surface area (Å²) in [4.78, 5) is 31.7. The van der Waals surface area contributed by atoms with Crippen LogP contribution in [0.4, 0.5) is 20.3 Å². The molecule has 0 saturated heterocycles. The summed E-state index contributed by atoms with van der Waals surface area (Å²) in [5.41, 5.74) is 1.56. The van der Waals surface area contributed by atoms with Gasteiger partial charge in [0.15, 0.2) is 5.82 Å². The average Bonchev–Trinajstić information content (AvgIpc) is 3.54. The summed E-state index contributed by atoms with van der Waals surface area (Å²) in [5.74, 6) is -3.03. The Kier molecular flexibility index (Phi) is 6.27. The van der Waals surface area contributed by atoms with Crippen molar-refractivity contribution in [2.75, 3.05) is 17.2 Å². The average molecular weight is 528 g/mol. The molecule has 0 atom stereocenters. The first kappa shape index (κ1) is 24.3. The summed E-state index contributed by atoms with van der Waals surface area (Å²) >= 11 is 0. The van der Waals surface area contributed by atoms with E-state index in [-0.39, 0.29) is 42.3 Å². The molecular weight excluding hydrogens is 508 g/mol. The fraction of sp³-hybridized carbons (Fsp3) is 0.130. The lowest BCUT2D eigenvalue weighted by Crippen LogP contribution is -2.36. The van der Waals surface area contributed by atoms with Gasteiger partial charge in [-0.3, -0.25) is 19.7 Å². The minimum absolute atomic E-state index is 0.0440. The number of carbonyl (C=O) groups excluding carboxylic acids is 2. The van der Waals surface area contributed by atoms with Gasteiger partial charge in [0.05, 0.1) is 22.3 Å². The van der Waals surface area contributed by atoms with Crippen molar-refractivity contribution in [2.45, 2.75) is 17.9 Å². The van der Waals surface area contributed by atoms with Crippen molar-refractivity contribution in [1.29, 1.82) is 0 Å². The molecule has 0 aliphatic carbocycles. The summed E-state index contributed by atoms with van der Waals surface area (Å²) in [6.45, 7) is -0.142. The SMILES string of the molecule is O=C(Nc1cnccc1C(=O)Nc1n[nH]c2c1CN(S(=O)(=O)c1cc(F)cc(F)c1)CC2)c1ccc[nH]1. The van der Waals surface area contributed by atoms with Gasteiger partial charge in [0.2, 0.25) is 10.0 Å². The maximum Gasteiger partial charge on any atom is 0.272 e. The number of benzene rings is 1. The molecule has 5 rings (SSSR count). The molecule has 0 radical (unpaired) electrons. The maximum atomic E-state index is 13.7. The molecule has 3 aromatic heterocycles. The minimum Gasteiger partial charge on any atom is -0.357 e. The molecule has 0 fully saturated rings. The lowest BCUT2D eigenvalue weighted by Gasteiger charge is -2.26. The van der Waals surface area contributed by atoms with Gasteiger partial charge in [-0.2, -0.15) is 9.40 Å². The van der Waals surface area contributed by atoms with E-state index in [2.05, 4.69) is 30.8 Å². The van der Waals surface area contributed by atoms with Crippen molar-refractivity contribution in [2.24, 2.45) is 0 Å². The van der Waals surface area contributed by atoms with Gasteiger partial charge in [0.1, 0.15) is 17.3 Å². The van der Waals surface area contributed by atoms with Crippen molar-refractivity contribution < 1.29 is 26.8 Å². The molecule has 1 aliphatic rings. The normalized spacial score (nSPS) is 13.7. The highest BCUT2D eigenvalue weighted by Crippen LogP contribution is 2.29. The largest absolute Gasteiger partial charge is 0.357 e. The molecule has 4 N–H and O–H groups in total. The van der Waals surface area contributed by atoms with Crippen LogP contribution in [-0.2, 0) is 23.0 Å². The molecule has 1 aliphatic heterocycles. The van der Waals surface area contributed by atoms with E-state index in [1.807, 2.05) is 0 Å². The van der Waals surface area contributed by atoms with Crippen molar-refractivity contribution in [3.8, 4) is 0 Å². The summed E-state index contributed by atoms with van der Waals surface area (Å²) in [6, 6.07) is 6.72. The van der Waals surface area contributed by atoms with Gasteiger partial charge >= 0.3 is 0 Å². The molecule has 0 bridgehead atoms. The van der Waals surface area contributed by atoms with Gasteiger partial charge in [0.25, 0.3) is 11.8 Å². The van der Waals surface area contributed by atoms with Crippen LogP contribution in [0.3, 0.4) is 0 Å². The Morgan fingerprint density at radius 1 is 1.05 bits per heavy atom. The Morgan fingerprint density at radius 2 is 1.84 bits per heavy atom. The molecular formula is C23H19F2N7O4S. The number of nitrogens with zero attached hydrogens (tertiary/aromatic N) is 3. The highest BCUT2D eigenvalue weighted by molar-refractivity contribution is 7.89. The fourth-order valence-electron chi connectivity index (χ4n) is 3.93. The van der Waals surface area contributed by atoms with E-state index in [0.717, 1.165) is 16.4 Å². The van der Waals surface area contributed by atoms with Crippen LogP contribution in [-0.4, -0.2) is 51.2 Å². The Bertz CT molecular complexity index is 1580. The van der Waals surface area contributed by atoms with Crippen LogP contribution < -0.4 is 10.6 Å². The van der Waals surface area contributed by atoms with E-state index >= 15 is 0 Å². The van der Waals surface area contributed by atoms with E-state index < -0.39 is 38.4 Å². The zero-order valence-corrected chi connectivity index (χ0v) is 19.8. The van der Waals surface area contributed by atoms with Crippen molar-refractivity contribution >= 4 is 33.3 Å². The van der Waals surface area contributed by atoms with Gasteiger partial charge in [-0.05, 0) is 30.3 Å². The topological polar surface area (TPSA) is 153 Å². The molecule has 0 spiro atoms. The zero-order chi connectivity index (χ0) is 26.2. The number of carbonyl (C=O) groups is 2. The molecule has 1 aromatic carbocycles. The summed E-state index contributed by atoms with van der Waals surface area (Å²) in [5, 5.41) is 12.1. The number of rotatable bonds is 6. The highest BCUT2D eigenvalue weighted by Gasteiger charge is 2.32.